The number of likely N-dealkylation sites (N-methyl/N-ethyl adjacent to an activating group) is 2. The van der Waals surface area contributed by atoms with Crippen LogP contribution in [0.25, 0.3) is 0 Å². The van der Waals surface area contributed by atoms with Crippen LogP contribution in [0.5, 0.6) is 11.5 Å². The van der Waals surface area contributed by atoms with Crippen LogP contribution in [-0.2, 0) is 0 Å². The Labute approximate surface area is 187 Å². The molecule has 2 heterocycles. The zero-order valence-electron chi connectivity index (χ0n) is 18.5. The molecular formula is C24H28N4O4. The Morgan fingerprint density at radius 3 is 1.25 bits per heavy atom. The fourth-order valence-corrected chi connectivity index (χ4v) is 4.95. The average molecular weight is 437 g/mol. The van der Waals surface area contributed by atoms with Gasteiger partial charge >= 0.3 is 0 Å². The van der Waals surface area contributed by atoms with E-state index in [0.717, 1.165) is 52.4 Å². The van der Waals surface area contributed by atoms with E-state index in [1.807, 2.05) is 14.1 Å². The molecule has 8 heteroatoms. The lowest BCUT2D eigenvalue weighted by molar-refractivity contribution is 0.0974. The quantitative estimate of drug-likeness (QED) is 0.623. The molecular weight excluding hydrogens is 408 g/mol. The molecule has 5 rings (SSSR count). The van der Waals surface area contributed by atoms with Crippen molar-refractivity contribution in [1.29, 1.82) is 0 Å². The number of benzene rings is 2. The molecule has 1 aliphatic carbocycles. The molecule has 0 amide bonds. The highest BCUT2D eigenvalue weighted by molar-refractivity contribution is 6.33. The van der Waals surface area contributed by atoms with Crippen molar-refractivity contribution in [2.24, 2.45) is 0 Å². The first kappa shape index (κ1) is 20.8. The van der Waals surface area contributed by atoms with Crippen molar-refractivity contribution in [3.8, 4) is 11.5 Å². The summed E-state index contributed by atoms with van der Waals surface area (Å²) in [6.45, 7) is 6.23. The standard InChI is InChI=1S/C24H28N4O4/c1-25-7-11-27(12-8-25)15-3-5-17(29)21-19(15)23(31)22-18(30)6-4-16(20(22)24(21)32)28-13-9-26(2)10-14-28/h3-6,29-30H,7-14H2,1-2H3. The lowest BCUT2D eigenvalue weighted by atomic mass is 9.80. The maximum Gasteiger partial charge on any atom is 0.200 e. The van der Waals surface area contributed by atoms with Crippen molar-refractivity contribution in [1.82, 2.24) is 9.80 Å². The van der Waals surface area contributed by atoms with Crippen LogP contribution in [-0.4, -0.2) is 98.0 Å². The molecule has 2 saturated heterocycles. The number of ketones is 2. The van der Waals surface area contributed by atoms with Gasteiger partial charge in [-0.2, -0.15) is 0 Å². The summed E-state index contributed by atoms with van der Waals surface area (Å²) in [5, 5.41) is 21.3. The van der Waals surface area contributed by atoms with Crippen molar-refractivity contribution in [3.05, 3.63) is 46.5 Å². The van der Waals surface area contributed by atoms with Crippen LogP contribution in [0.4, 0.5) is 11.4 Å². The van der Waals surface area contributed by atoms with Gasteiger partial charge in [-0.25, -0.2) is 0 Å². The van der Waals surface area contributed by atoms with Gasteiger partial charge < -0.3 is 29.8 Å². The number of nitrogens with zero attached hydrogens (tertiary/aromatic N) is 4. The zero-order chi connectivity index (χ0) is 22.6. The SMILES string of the molecule is CN1CCN(c2ccc(O)c3c2C(=O)c2c(O)ccc(N4CCN(C)CC4)c2C3=O)CC1. The van der Waals surface area contributed by atoms with E-state index in [1.165, 1.54) is 12.1 Å². The first-order chi connectivity index (χ1) is 15.4. The van der Waals surface area contributed by atoms with Crippen molar-refractivity contribution >= 4 is 22.9 Å². The smallest absolute Gasteiger partial charge is 0.200 e. The number of phenols is 2. The number of phenolic OH excluding ortho intramolecular Hbond substituents is 2. The summed E-state index contributed by atoms with van der Waals surface area (Å²) in [5.74, 6) is -1.22. The van der Waals surface area contributed by atoms with Gasteiger partial charge in [-0.1, -0.05) is 0 Å². The van der Waals surface area contributed by atoms with E-state index in [1.54, 1.807) is 12.1 Å². The third-order valence-corrected chi connectivity index (χ3v) is 6.92. The first-order valence-corrected chi connectivity index (χ1v) is 11.0. The lowest BCUT2D eigenvalue weighted by Gasteiger charge is -2.37. The second kappa shape index (κ2) is 7.79. The van der Waals surface area contributed by atoms with Gasteiger partial charge in [-0.3, -0.25) is 9.59 Å². The Bertz CT molecular complexity index is 1010. The van der Waals surface area contributed by atoms with Crippen LogP contribution in [0.15, 0.2) is 24.3 Å². The van der Waals surface area contributed by atoms with Gasteiger partial charge in [-0.15, -0.1) is 0 Å². The largest absolute Gasteiger partial charge is 0.507 e. The Kier molecular flexibility index (Phi) is 5.06. The molecule has 168 valence electrons. The molecule has 2 N–H and O–H groups in total. The van der Waals surface area contributed by atoms with Crippen LogP contribution in [0.2, 0.25) is 0 Å². The highest BCUT2D eigenvalue weighted by atomic mass is 16.3. The number of aromatic hydroxyl groups is 2. The van der Waals surface area contributed by atoms with Crippen LogP contribution < -0.4 is 9.80 Å². The summed E-state index contributed by atoms with van der Waals surface area (Å²) >= 11 is 0. The average Bonchev–Trinajstić information content (AvgIpc) is 2.78. The highest BCUT2D eigenvalue weighted by Gasteiger charge is 2.40. The Morgan fingerprint density at radius 1 is 0.562 bits per heavy atom. The fourth-order valence-electron chi connectivity index (χ4n) is 4.95. The zero-order valence-corrected chi connectivity index (χ0v) is 18.5. The van der Waals surface area contributed by atoms with E-state index in [4.69, 9.17) is 0 Å². The minimum atomic E-state index is -0.409. The Morgan fingerprint density at radius 2 is 0.906 bits per heavy atom. The summed E-state index contributed by atoms with van der Waals surface area (Å²) < 4.78 is 0. The molecule has 32 heavy (non-hydrogen) atoms. The van der Waals surface area contributed by atoms with Crippen molar-refractivity contribution in [3.63, 3.8) is 0 Å². The van der Waals surface area contributed by atoms with Crippen LogP contribution in [0, 0.1) is 0 Å². The Balaban J connectivity index is 1.64. The molecule has 2 aromatic carbocycles. The Hall–Kier alpha value is -3.10. The number of carbonyl (C=O) groups is 2. The molecule has 0 radical (unpaired) electrons. The van der Waals surface area contributed by atoms with Gasteiger partial charge in [0.25, 0.3) is 0 Å². The number of carbonyl (C=O) groups excluding carboxylic acids is 2. The van der Waals surface area contributed by atoms with E-state index in [9.17, 15) is 19.8 Å². The second-order valence-corrected chi connectivity index (χ2v) is 8.95. The molecule has 0 spiro atoms. The van der Waals surface area contributed by atoms with Gasteiger partial charge in [0.2, 0.25) is 11.6 Å². The van der Waals surface area contributed by atoms with E-state index in [2.05, 4.69) is 19.6 Å². The molecule has 8 nitrogen and oxygen atoms in total. The normalized spacial score (nSPS) is 19.8. The second-order valence-electron chi connectivity index (χ2n) is 8.95. The molecule has 0 atom stereocenters. The minimum Gasteiger partial charge on any atom is -0.507 e. The number of hydrogen-bond acceptors (Lipinski definition) is 8. The van der Waals surface area contributed by atoms with E-state index in [-0.39, 0.29) is 33.8 Å². The predicted molar refractivity (Wildman–Crippen MR) is 122 cm³/mol. The van der Waals surface area contributed by atoms with Gasteiger partial charge in [-0.05, 0) is 38.4 Å². The van der Waals surface area contributed by atoms with E-state index in [0.29, 0.717) is 11.4 Å². The maximum absolute atomic E-state index is 13.8. The molecule has 0 saturated carbocycles. The van der Waals surface area contributed by atoms with E-state index >= 15 is 0 Å². The molecule has 2 aliphatic heterocycles. The van der Waals surface area contributed by atoms with Crippen molar-refractivity contribution in [2.75, 3.05) is 76.3 Å². The molecule has 0 bridgehead atoms. The number of hydrogen-bond donors (Lipinski definition) is 2. The first-order valence-electron chi connectivity index (χ1n) is 11.0. The molecule has 3 aliphatic rings. The summed E-state index contributed by atoms with van der Waals surface area (Å²) in [7, 11) is 4.10. The number of fused-ring (bicyclic) bond motifs is 2. The van der Waals surface area contributed by atoms with Gasteiger partial charge in [0.05, 0.1) is 22.3 Å². The van der Waals surface area contributed by atoms with Crippen LogP contribution in [0.1, 0.15) is 31.8 Å². The molecule has 0 unspecified atom stereocenters. The highest BCUT2D eigenvalue weighted by Crippen LogP contribution is 2.44. The fraction of sp³-hybridized carbons (Fsp3) is 0.417. The van der Waals surface area contributed by atoms with E-state index < -0.39 is 11.6 Å². The summed E-state index contributed by atoms with van der Waals surface area (Å²) in [5.41, 5.74) is 1.74. The maximum atomic E-state index is 13.8. The summed E-state index contributed by atoms with van der Waals surface area (Å²) in [4.78, 5) is 36.1. The van der Waals surface area contributed by atoms with Crippen LogP contribution >= 0.6 is 0 Å². The topological polar surface area (TPSA) is 87.6 Å². The summed E-state index contributed by atoms with van der Waals surface area (Å²) in [6.07, 6.45) is 0. The van der Waals surface area contributed by atoms with Crippen LogP contribution in [0.3, 0.4) is 0 Å². The van der Waals surface area contributed by atoms with Crippen molar-refractivity contribution in [2.45, 2.75) is 0 Å². The summed E-state index contributed by atoms with van der Waals surface area (Å²) in [6, 6.07) is 6.41. The minimum absolute atomic E-state index is 0.0416. The van der Waals surface area contributed by atoms with Crippen molar-refractivity contribution < 1.29 is 19.8 Å². The predicted octanol–water partition coefficient (Wildman–Crippen LogP) is 1.38. The molecule has 2 fully saturated rings. The number of rotatable bonds is 2. The number of anilines is 2. The lowest BCUT2D eigenvalue weighted by Crippen LogP contribution is -2.46. The third kappa shape index (κ3) is 3.22. The van der Waals surface area contributed by atoms with Gasteiger partial charge in [0, 0.05) is 63.7 Å². The number of piperazine rings is 2. The van der Waals surface area contributed by atoms with Gasteiger partial charge in [0.1, 0.15) is 11.5 Å². The third-order valence-electron chi connectivity index (χ3n) is 6.92. The monoisotopic (exact) mass is 436 g/mol. The molecule has 2 aromatic rings. The van der Waals surface area contributed by atoms with Gasteiger partial charge in [0.15, 0.2) is 0 Å². The molecule has 0 aromatic heterocycles.